The van der Waals surface area contributed by atoms with Crippen LogP contribution in [-0.2, 0) is 0 Å². The molecule has 0 spiro atoms. The maximum Gasteiger partial charge on any atom is 0.193 e. The highest BCUT2D eigenvalue weighted by Gasteiger charge is 2.12. The van der Waals surface area contributed by atoms with Crippen LogP contribution in [0.2, 0.25) is 0 Å². The van der Waals surface area contributed by atoms with Gasteiger partial charge < -0.3 is 9.47 Å². The third kappa shape index (κ3) is 3.79. The maximum atomic E-state index is 12.5. The molecule has 0 saturated carbocycles. The second-order valence-corrected chi connectivity index (χ2v) is 5.73. The maximum absolute atomic E-state index is 12.5. The summed E-state index contributed by atoms with van der Waals surface area (Å²) in [7, 11) is 3.14. The van der Waals surface area contributed by atoms with E-state index in [1.165, 1.54) is 0 Å². The minimum Gasteiger partial charge on any atom is -0.497 e. The Morgan fingerprint density at radius 3 is 2.00 bits per heavy atom. The van der Waals surface area contributed by atoms with Crippen molar-refractivity contribution in [2.24, 2.45) is 0 Å². The van der Waals surface area contributed by atoms with Gasteiger partial charge in [0.15, 0.2) is 5.78 Å². The number of ether oxygens (including phenoxy) is 2. The molecule has 2 aromatic carbocycles. The second kappa shape index (κ2) is 7.18. The van der Waals surface area contributed by atoms with Crippen molar-refractivity contribution in [1.82, 2.24) is 0 Å². The molecule has 110 valence electrons. The van der Waals surface area contributed by atoms with Gasteiger partial charge in [-0.2, -0.15) is 0 Å². The van der Waals surface area contributed by atoms with Crippen molar-refractivity contribution in [2.75, 3.05) is 20.0 Å². The average molecular weight is 302 g/mol. The van der Waals surface area contributed by atoms with Gasteiger partial charge in [0, 0.05) is 22.1 Å². The Kier molecular flexibility index (Phi) is 5.28. The monoisotopic (exact) mass is 302 g/mol. The van der Waals surface area contributed by atoms with Gasteiger partial charge in [0.25, 0.3) is 0 Å². The smallest absolute Gasteiger partial charge is 0.193 e. The second-order valence-electron chi connectivity index (χ2n) is 4.39. The molecular formula is C17H18O3S. The summed E-state index contributed by atoms with van der Waals surface area (Å²) in [6.07, 6.45) is 0. The van der Waals surface area contributed by atoms with Crippen molar-refractivity contribution in [3.8, 4) is 11.5 Å². The van der Waals surface area contributed by atoms with Crippen LogP contribution >= 0.6 is 11.8 Å². The lowest BCUT2D eigenvalue weighted by Crippen LogP contribution is -2.02. The molecule has 0 heterocycles. The third-order valence-corrected chi connectivity index (χ3v) is 3.94. The number of rotatable bonds is 6. The van der Waals surface area contributed by atoms with Gasteiger partial charge in [-0.3, -0.25) is 4.79 Å². The first-order chi connectivity index (χ1) is 10.2. The van der Waals surface area contributed by atoms with Crippen molar-refractivity contribution < 1.29 is 14.3 Å². The highest BCUT2D eigenvalue weighted by Crippen LogP contribution is 2.25. The lowest BCUT2D eigenvalue weighted by atomic mass is 10.0. The Bertz CT molecular complexity index is 598. The molecule has 2 aromatic rings. The molecule has 0 radical (unpaired) electrons. The molecule has 0 aromatic heterocycles. The largest absolute Gasteiger partial charge is 0.497 e. The first-order valence-corrected chi connectivity index (χ1v) is 7.67. The minimum absolute atomic E-state index is 0.0414. The Hall–Kier alpha value is -1.94. The summed E-state index contributed by atoms with van der Waals surface area (Å²) in [6.45, 7) is 2.10. The Morgan fingerprint density at radius 2 is 1.52 bits per heavy atom. The van der Waals surface area contributed by atoms with Crippen LogP contribution in [-0.4, -0.2) is 25.8 Å². The van der Waals surface area contributed by atoms with Crippen LogP contribution in [0, 0.1) is 0 Å². The Labute approximate surface area is 129 Å². The topological polar surface area (TPSA) is 35.5 Å². The van der Waals surface area contributed by atoms with E-state index in [9.17, 15) is 4.79 Å². The lowest BCUT2D eigenvalue weighted by Gasteiger charge is -2.08. The third-order valence-electron chi connectivity index (χ3n) is 3.04. The Morgan fingerprint density at radius 1 is 0.952 bits per heavy atom. The van der Waals surface area contributed by atoms with Crippen molar-refractivity contribution in [1.29, 1.82) is 0 Å². The lowest BCUT2D eigenvalue weighted by molar-refractivity contribution is 0.103. The predicted molar refractivity (Wildman–Crippen MR) is 85.8 cm³/mol. The van der Waals surface area contributed by atoms with Crippen LogP contribution in [0.5, 0.6) is 11.5 Å². The molecule has 3 nitrogen and oxygen atoms in total. The number of carbonyl (C=O) groups excluding carboxylic acids is 1. The molecule has 0 aliphatic rings. The normalized spacial score (nSPS) is 10.2. The van der Waals surface area contributed by atoms with E-state index in [1.54, 1.807) is 44.2 Å². The number of benzene rings is 2. The molecule has 0 aliphatic heterocycles. The fourth-order valence-corrected chi connectivity index (χ4v) is 2.64. The molecule has 21 heavy (non-hydrogen) atoms. The molecular weight excluding hydrogens is 284 g/mol. The van der Waals surface area contributed by atoms with Gasteiger partial charge in [-0.15, -0.1) is 11.8 Å². The van der Waals surface area contributed by atoms with Gasteiger partial charge in [-0.1, -0.05) is 6.92 Å². The first kappa shape index (κ1) is 15.4. The molecule has 0 aliphatic carbocycles. The van der Waals surface area contributed by atoms with Crippen LogP contribution in [0.15, 0.2) is 47.4 Å². The zero-order chi connectivity index (χ0) is 15.2. The van der Waals surface area contributed by atoms with E-state index in [4.69, 9.17) is 9.47 Å². The average Bonchev–Trinajstić information content (AvgIpc) is 2.54. The summed E-state index contributed by atoms with van der Waals surface area (Å²) < 4.78 is 10.4. The minimum atomic E-state index is -0.0414. The fourth-order valence-electron chi connectivity index (χ4n) is 1.97. The number of hydrogen-bond donors (Lipinski definition) is 0. The summed E-state index contributed by atoms with van der Waals surface area (Å²) in [5, 5.41) is 0. The number of methoxy groups -OCH3 is 2. The van der Waals surface area contributed by atoms with Gasteiger partial charge in [-0.25, -0.2) is 0 Å². The molecule has 0 saturated heterocycles. The number of ketones is 1. The molecule has 0 N–H and O–H groups in total. The zero-order valence-corrected chi connectivity index (χ0v) is 13.2. The highest BCUT2D eigenvalue weighted by molar-refractivity contribution is 7.99. The van der Waals surface area contributed by atoms with E-state index in [1.807, 2.05) is 24.3 Å². The van der Waals surface area contributed by atoms with E-state index < -0.39 is 0 Å². The summed E-state index contributed by atoms with van der Waals surface area (Å²) in [4.78, 5) is 13.7. The fraction of sp³-hybridized carbons (Fsp3) is 0.235. The molecule has 2 rings (SSSR count). The zero-order valence-electron chi connectivity index (χ0n) is 12.4. The van der Waals surface area contributed by atoms with E-state index in [0.29, 0.717) is 22.6 Å². The SMILES string of the molecule is CCSc1ccc(C(=O)c2cc(OC)cc(OC)c2)cc1. The molecule has 0 atom stereocenters. The predicted octanol–water partition coefficient (Wildman–Crippen LogP) is 4.05. The van der Waals surface area contributed by atoms with Crippen LogP contribution in [0.3, 0.4) is 0 Å². The summed E-state index contributed by atoms with van der Waals surface area (Å²) in [5.74, 6) is 2.19. The van der Waals surface area contributed by atoms with Crippen LogP contribution in [0.1, 0.15) is 22.8 Å². The number of carbonyl (C=O) groups is 1. The van der Waals surface area contributed by atoms with Crippen molar-refractivity contribution in [3.63, 3.8) is 0 Å². The van der Waals surface area contributed by atoms with Crippen LogP contribution < -0.4 is 9.47 Å². The van der Waals surface area contributed by atoms with Gasteiger partial charge in [0.2, 0.25) is 0 Å². The van der Waals surface area contributed by atoms with E-state index in [0.717, 1.165) is 10.6 Å². The summed E-state index contributed by atoms with van der Waals surface area (Å²) >= 11 is 1.75. The van der Waals surface area contributed by atoms with E-state index in [-0.39, 0.29) is 5.78 Å². The highest BCUT2D eigenvalue weighted by atomic mass is 32.2. The van der Waals surface area contributed by atoms with E-state index >= 15 is 0 Å². The first-order valence-electron chi connectivity index (χ1n) is 6.68. The summed E-state index contributed by atoms with van der Waals surface area (Å²) in [5.41, 5.74) is 1.22. The molecule has 4 heteroatoms. The van der Waals surface area contributed by atoms with Gasteiger partial charge in [0.1, 0.15) is 11.5 Å². The summed E-state index contributed by atoms with van der Waals surface area (Å²) in [6, 6.07) is 12.8. The number of thioether (sulfide) groups is 1. The van der Waals surface area contributed by atoms with Gasteiger partial charge in [-0.05, 0) is 42.2 Å². The van der Waals surface area contributed by atoms with Crippen molar-refractivity contribution in [2.45, 2.75) is 11.8 Å². The van der Waals surface area contributed by atoms with Gasteiger partial charge in [0.05, 0.1) is 14.2 Å². The molecule has 0 bridgehead atoms. The molecule has 0 fully saturated rings. The van der Waals surface area contributed by atoms with Crippen LogP contribution in [0.25, 0.3) is 0 Å². The standard InChI is InChI=1S/C17H18O3S/c1-4-21-16-7-5-12(6-8-16)17(18)13-9-14(19-2)11-15(10-13)20-3/h5-11H,4H2,1-3H3. The quantitative estimate of drug-likeness (QED) is 0.596. The van der Waals surface area contributed by atoms with Crippen LogP contribution in [0.4, 0.5) is 0 Å². The van der Waals surface area contributed by atoms with Gasteiger partial charge >= 0.3 is 0 Å². The van der Waals surface area contributed by atoms with Crippen molar-refractivity contribution in [3.05, 3.63) is 53.6 Å². The van der Waals surface area contributed by atoms with Crippen molar-refractivity contribution >= 4 is 17.5 Å². The number of hydrogen-bond acceptors (Lipinski definition) is 4. The molecule has 0 unspecified atom stereocenters. The molecule has 0 amide bonds. The Balaban J connectivity index is 2.30. The van der Waals surface area contributed by atoms with E-state index in [2.05, 4.69) is 6.92 Å².